The van der Waals surface area contributed by atoms with Crippen LogP contribution in [0.25, 0.3) is 10.8 Å². The van der Waals surface area contributed by atoms with E-state index in [1.165, 1.54) is 0 Å². The maximum Gasteiger partial charge on any atom is 0.251 e. The summed E-state index contributed by atoms with van der Waals surface area (Å²) in [5, 5.41) is 7.84. The molecular weight excluding hydrogens is 438 g/mol. The molecule has 182 valence electrons. The molecule has 1 aliphatic rings. The molecule has 0 aliphatic carbocycles. The molecular formula is C29H33N3O3. The molecule has 2 amide bonds. The molecule has 2 N–H and O–H groups in total. The first-order chi connectivity index (χ1) is 16.9. The number of hydrogen-bond acceptors (Lipinski definition) is 4. The van der Waals surface area contributed by atoms with Gasteiger partial charge < -0.3 is 10.6 Å². The lowest BCUT2D eigenvalue weighted by molar-refractivity contribution is -0.131. The van der Waals surface area contributed by atoms with Gasteiger partial charge in [0.15, 0.2) is 5.78 Å². The summed E-state index contributed by atoms with van der Waals surface area (Å²) in [6.07, 6.45) is 1.05. The van der Waals surface area contributed by atoms with Crippen LogP contribution in [-0.4, -0.2) is 47.7 Å². The van der Waals surface area contributed by atoms with Crippen molar-refractivity contribution in [1.29, 1.82) is 0 Å². The lowest BCUT2D eigenvalue weighted by atomic mass is 9.99. The predicted octanol–water partition coefficient (Wildman–Crippen LogP) is 3.94. The Bertz CT molecular complexity index is 1190. The number of Topliss-reactive ketones (excluding diaryl/α,β-unsaturated/α-hetero) is 1. The summed E-state index contributed by atoms with van der Waals surface area (Å²) in [7, 11) is 0. The molecule has 35 heavy (non-hydrogen) atoms. The van der Waals surface area contributed by atoms with Crippen molar-refractivity contribution in [2.45, 2.75) is 45.3 Å². The molecule has 6 nitrogen and oxygen atoms in total. The summed E-state index contributed by atoms with van der Waals surface area (Å²) in [5.74, 6) is -0.390. The largest absolute Gasteiger partial charge is 0.344 e. The zero-order valence-electron chi connectivity index (χ0n) is 20.4. The van der Waals surface area contributed by atoms with Gasteiger partial charge in [0.1, 0.15) is 6.04 Å². The Morgan fingerprint density at radius 3 is 2.40 bits per heavy atom. The number of carbonyl (C=O) groups excluding carboxylic acids is 3. The van der Waals surface area contributed by atoms with Gasteiger partial charge in [-0.05, 0) is 47.2 Å². The van der Waals surface area contributed by atoms with E-state index in [-0.39, 0.29) is 23.5 Å². The highest BCUT2D eigenvalue weighted by molar-refractivity contribution is 6.01. The molecule has 3 aromatic carbocycles. The second-order valence-corrected chi connectivity index (χ2v) is 9.73. The third-order valence-electron chi connectivity index (χ3n) is 6.41. The number of ketones is 1. The van der Waals surface area contributed by atoms with E-state index in [0.717, 1.165) is 22.9 Å². The number of hydrogen-bond donors (Lipinski definition) is 2. The minimum absolute atomic E-state index is 0.00434. The molecule has 1 unspecified atom stereocenters. The summed E-state index contributed by atoms with van der Waals surface area (Å²) in [6, 6.07) is 22.2. The molecule has 0 spiro atoms. The number of nitrogens with zero attached hydrogens (tertiary/aromatic N) is 1. The SMILES string of the molecule is CC(C)C[C@H](NC(=O)c1ccc2ccccc2c1)C(=O)NC1CCN(Cc2ccccc2)CC1=O. The van der Waals surface area contributed by atoms with E-state index in [4.69, 9.17) is 0 Å². The highest BCUT2D eigenvalue weighted by atomic mass is 16.2. The smallest absolute Gasteiger partial charge is 0.251 e. The molecule has 1 saturated heterocycles. The van der Waals surface area contributed by atoms with Crippen LogP contribution in [0.4, 0.5) is 0 Å². The molecule has 2 atom stereocenters. The Morgan fingerprint density at radius 1 is 0.971 bits per heavy atom. The van der Waals surface area contributed by atoms with Crippen LogP contribution in [0.5, 0.6) is 0 Å². The standard InChI is InChI=1S/C29H33N3O3/c1-20(2)16-26(31-28(34)24-13-12-22-10-6-7-11-23(22)17-24)29(35)30-25-14-15-32(19-27(25)33)18-21-8-4-3-5-9-21/h3-13,17,20,25-26H,14-16,18-19H2,1-2H3,(H,30,35)(H,31,34)/t25?,26-/m0/s1. The van der Waals surface area contributed by atoms with E-state index in [2.05, 4.69) is 15.5 Å². The van der Waals surface area contributed by atoms with Crippen LogP contribution < -0.4 is 10.6 Å². The van der Waals surface area contributed by atoms with Gasteiger partial charge in [0.2, 0.25) is 5.91 Å². The Balaban J connectivity index is 1.37. The van der Waals surface area contributed by atoms with Crippen molar-refractivity contribution in [3.8, 4) is 0 Å². The monoisotopic (exact) mass is 471 g/mol. The van der Waals surface area contributed by atoms with E-state index in [1.807, 2.05) is 80.6 Å². The topological polar surface area (TPSA) is 78.5 Å². The summed E-state index contributed by atoms with van der Waals surface area (Å²) < 4.78 is 0. The van der Waals surface area contributed by atoms with Crippen LogP contribution in [0.15, 0.2) is 72.8 Å². The van der Waals surface area contributed by atoms with E-state index in [9.17, 15) is 14.4 Å². The molecule has 0 radical (unpaired) electrons. The molecule has 1 aliphatic heterocycles. The fraction of sp³-hybridized carbons (Fsp3) is 0.345. The molecule has 0 bridgehead atoms. The second kappa shape index (κ2) is 11.3. The number of carbonyl (C=O) groups is 3. The zero-order valence-corrected chi connectivity index (χ0v) is 20.4. The third kappa shape index (κ3) is 6.55. The van der Waals surface area contributed by atoms with Gasteiger partial charge in [-0.2, -0.15) is 0 Å². The van der Waals surface area contributed by atoms with E-state index in [1.54, 1.807) is 6.07 Å². The van der Waals surface area contributed by atoms with Gasteiger partial charge in [0.05, 0.1) is 12.6 Å². The summed E-state index contributed by atoms with van der Waals surface area (Å²) in [5.41, 5.74) is 1.67. The van der Waals surface area contributed by atoms with Gasteiger partial charge in [-0.15, -0.1) is 0 Å². The predicted molar refractivity (Wildman–Crippen MR) is 138 cm³/mol. The van der Waals surface area contributed by atoms with Crippen LogP contribution in [0.1, 0.15) is 42.6 Å². The minimum Gasteiger partial charge on any atom is -0.344 e. The van der Waals surface area contributed by atoms with Gasteiger partial charge in [0.25, 0.3) is 5.91 Å². The Kier molecular flexibility index (Phi) is 7.93. The molecule has 1 fully saturated rings. The number of piperidine rings is 1. The van der Waals surface area contributed by atoms with Gasteiger partial charge in [0, 0.05) is 18.7 Å². The maximum absolute atomic E-state index is 13.2. The van der Waals surface area contributed by atoms with Crippen molar-refractivity contribution in [1.82, 2.24) is 15.5 Å². The number of fused-ring (bicyclic) bond motifs is 1. The Labute approximate surface area is 206 Å². The zero-order chi connectivity index (χ0) is 24.8. The Morgan fingerprint density at radius 2 is 1.69 bits per heavy atom. The number of nitrogens with one attached hydrogen (secondary N) is 2. The van der Waals surface area contributed by atoms with Crippen LogP contribution in [-0.2, 0) is 16.1 Å². The normalized spacial score (nSPS) is 17.3. The molecule has 1 heterocycles. The molecule has 6 heteroatoms. The van der Waals surface area contributed by atoms with Crippen LogP contribution in [0, 0.1) is 5.92 Å². The van der Waals surface area contributed by atoms with Crippen molar-refractivity contribution in [3.63, 3.8) is 0 Å². The van der Waals surface area contributed by atoms with Gasteiger partial charge in [-0.3, -0.25) is 19.3 Å². The molecule has 3 aromatic rings. The fourth-order valence-electron chi connectivity index (χ4n) is 4.56. The summed E-state index contributed by atoms with van der Waals surface area (Å²) >= 11 is 0. The minimum atomic E-state index is -0.705. The van der Waals surface area contributed by atoms with Crippen molar-refractivity contribution in [2.75, 3.05) is 13.1 Å². The first kappa shape index (κ1) is 24.6. The third-order valence-corrected chi connectivity index (χ3v) is 6.41. The van der Waals surface area contributed by atoms with Crippen LogP contribution in [0.3, 0.4) is 0 Å². The van der Waals surface area contributed by atoms with E-state index in [0.29, 0.717) is 31.5 Å². The summed E-state index contributed by atoms with van der Waals surface area (Å²) in [4.78, 5) is 41.0. The first-order valence-corrected chi connectivity index (χ1v) is 12.3. The maximum atomic E-state index is 13.2. The van der Waals surface area contributed by atoms with Crippen molar-refractivity contribution in [3.05, 3.63) is 83.9 Å². The van der Waals surface area contributed by atoms with Crippen molar-refractivity contribution >= 4 is 28.4 Å². The van der Waals surface area contributed by atoms with Gasteiger partial charge in [-0.1, -0.05) is 74.5 Å². The average Bonchev–Trinajstić information content (AvgIpc) is 2.85. The molecule has 0 aromatic heterocycles. The Hall–Kier alpha value is -3.51. The van der Waals surface area contributed by atoms with Crippen molar-refractivity contribution < 1.29 is 14.4 Å². The molecule has 4 rings (SSSR count). The lowest BCUT2D eigenvalue weighted by Crippen LogP contribution is -2.56. The number of amides is 2. The summed E-state index contributed by atoms with van der Waals surface area (Å²) in [6.45, 7) is 5.76. The fourth-order valence-corrected chi connectivity index (χ4v) is 4.56. The van der Waals surface area contributed by atoms with E-state index < -0.39 is 12.1 Å². The molecule has 0 saturated carbocycles. The average molecular weight is 472 g/mol. The van der Waals surface area contributed by atoms with Gasteiger partial charge in [-0.25, -0.2) is 0 Å². The first-order valence-electron chi connectivity index (χ1n) is 12.3. The van der Waals surface area contributed by atoms with Crippen LogP contribution >= 0.6 is 0 Å². The van der Waals surface area contributed by atoms with E-state index >= 15 is 0 Å². The van der Waals surface area contributed by atoms with Crippen molar-refractivity contribution in [2.24, 2.45) is 5.92 Å². The highest BCUT2D eigenvalue weighted by Crippen LogP contribution is 2.17. The number of benzene rings is 3. The lowest BCUT2D eigenvalue weighted by Gasteiger charge is -2.32. The second-order valence-electron chi connectivity index (χ2n) is 9.73. The van der Waals surface area contributed by atoms with Crippen LogP contribution in [0.2, 0.25) is 0 Å². The highest BCUT2D eigenvalue weighted by Gasteiger charge is 2.31. The number of rotatable bonds is 8. The van der Waals surface area contributed by atoms with Gasteiger partial charge >= 0.3 is 0 Å². The number of likely N-dealkylation sites (tertiary alicyclic amines) is 1. The quantitative estimate of drug-likeness (QED) is 0.522.